The molecule has 0 bridgehead atoms. The van der Waals surface area contributed by atoms with Gasteiger partial charge >= 0.3 is 6.61 Å². The molecule has 23 heavy (non-hydrogen) atoms. The number of ether oxygens (including phenoxy) is 1. The van der Waals surface area contributed by atoms with E-state index in [0.29, 0.717) is 12.1 Å². The molecule has 0 aliphatic carbocycles. The molecule has 1 aliphatic heterocycles. The van der Waals surface area contributed by atoms with Gasteiger partial charge in [0.2, 0.25) is 0 Å². The van der Waals surface area contributed by atoms with Crippen molar-refractivity contribution in [2.45, 2.75) is 17.9 Å². The minimum absolute atomic E-state index is 0.0448. The second-order valence-corrected chi connectivity index (χ2v) is 6.17. The molecule has 1 amide bonds. The Bertz CT molecular complexity index is 691. The first-order valence-corrected chi connectivity index (χ1v) is 8.22. The van der Waals surface area contributed by atoms with Gasteiger partial charge in [-0.3, -0.25) is 4.79 Å². The van der Waals surface area contributed by atoms with Gasteiger partial charge in [0, 0.05) is 17.0 Å². The number of nitrogens with zero attached hydrogens (tertiary/aromatic N) is 1. The van der Waals surface area contributed by atoms with Crippen LogP contribution in [0.4, 0.5) is 14.5 Å². The highest BCUT2D eigenvalue weighted by atomic mass is 32.2. The summed E-state index contributed by atoms with van der Waals surface area (Å²) in [5.41, 5.74) is 1.35. The van der Waals surface area contributed by atoms with E-state index in [2.05, 4.69) is 4.74 Å². The average molecular weight is 335 g/mol. The van der Waals surface area contributed by atoms with Crippen LogP contribution in [0.5, 0.6) is 5.75 Å². The first-order valence-electron chi connectivity index (χ1n) is 7.24. The summed E-state index contributed by atoms with van der Waals surface area (Å²) in [6, 6.07) is 13.6. The summed E-state index contributed by atoms with van der Waals surface area (Å²) in [4.78, 5) is 15.6. The van der Waals surface area contributed by atoms with Crippen molar-refractivity contribution in [1.82, 2.24) is 0 Å². The van der Waals surface area contributed by atoms with Crippen molar-refractivity contribution in [3.05, 3.63) is 54.1 Å². The molecule has 2 aromatic rings. The predicted molar refractivity (Wildman–Crippen MR) is 86.5 cm³/mol. The zero-order chi connectivity index (χ0) is 16.2. The molecule has 0 atom stereocenters. The van der Waals surface area contributed by atoms with Crippen LogP contribution in [0.15, 0.2) is 53.4 Å². The van der Waals surface area contributed by atoms with Crippen LogP contribution < -0.4 is 9.64 Å². The number of rotatable bonds is 3. The van der Waals surface area contributed by atoms with E-state index in [4.69, 9.17) is 0 Å². The summed E-state index contributed by atoms with van der Waals surface area (Å²) >= 11 is 1.74. The van der Waals surface area contributed by atoms with Crippen molar-refractivity contribution in [2.75, 3.05) is 17.2 Å². The minimum atomic E-state index is -2.87. The maximum atomic E-state index is 12.8. The second kappa shape index (κ2) is 7.00. The molecule has 0 N–H and O–H groups in total. The van der Waals surface area contributed by atoms with E-state index in [1.807, 2.05) is 24.3 Å². The molecule has 2 aromatic carbocycles. The Morgan fingerprint density at radius 1 is 1.13 bits per heavy atom. The minimum Gasteiger partial charge on any atom is -0.435 e. The Labute approximate surface area is 137 Å². The van der Waals surface area contributed by atoms with Crippen molar-refractivity contribution in [1.29, 1.82) is 0 Å². The molecule has 0 unspecified atom stereocenters. The maximum Gasteiger partial charge on any atom is 0.387 e. The number of carbonyl (C=O) groups is 1. The Balaban J connectivity index is 1.85. The molecule has 0 saturated carbocycles. The Morgan fingerprint density at radius 2 is 1.87 bits per heavy atom. The summed E-state index contributed by atoms with van der Waals surface area (Å²) in [6.45, 7) is -2.23. The fraction of sp³-hybridized carbons (Fsp3) is 0.235. The Hall–Kier alpha value is -2.08. The van der Waals surface area contributed by atoms with E-state index in [0.717, 1.165) is 22.8 Å². The zero-order valence-corrected chi connectivity index (χ0v) is 13.1. The smallest absolute Gasteiger partial charge is 0.387 e. The SMILES string of the molecule is O=C(c1ccc(OC(F)F)cc1)N1CCCSc2ccccc21. The predicted octanol–water partition coefficient (Wildman–Crippen LogP) is 4.43. The van der Waals surface area contributed by atoms with Gasteiger partial charge < -0.3 is 9.64 Å². The van der Waals surface area contributed by atoms with Crippen LogP contribution in [0, 0.1) is 0 Å². The third-order valence-corrected chi connectivity index (χ3v) is 4.66. The molecule has 6 heteroatoms. The number of anilines is 1. The number of carbonyl (C=O) groups excluding carboxylic acids is 1. The fourth-order valence-electron chi connectivity index (χ4n) is 2.47. The van der Waals surface area contributed by atoms with Crippen molar-refractivity contribution in [3.8, 4) is 5.75 Å². The van der Waals surface area contributed by atoms with Crippen LogP contribution in [0.2, 0.25) is 0 Å². The van der Waals surface area contributed by atoms with Crippen LogP contribution in [0.3, 0.4) is 0 Å². The van der Waals surface area contributed by atoms with Gasteiger partial charge in [0.05, 0.1) is 5.69 Å². The van der Waals surface area contributed by atoms with Crippen molar-refractivity contribution < 1.29 is 18.3 Å². The topological polar surface area (TPSA) is 29.5 Å². The molecule has 3 rings (SSSR count). The summed E-state index contributed by atoms with van der Waals surface area (Å²) < 4.78 is 28.7. The van der Waals surface area contributed by atoms with E-state index in [1.165, 1.54) is 24.3 Å². The monoisotopic (exact) mass is 335 g/mol. The second-order valence-electron chi connectivity index (χ2n) is 5.03. The van der Waals surface area contributed by atoms with E-state index in [-0.39, 0.29) is 11.7 Å². The number of alkyl halides is 2. The Kier molecular flexibility index (Phi) is 4.81. The molecule has 0 aromatic heterocycles. The summed E-state index contributed by atoms with van der Waals surface area (Å²) in [6.07, 6.45) is 0.900. The van der Waals surface area contributed by atoms with E-state index >= 15 is 0 Å². The van der Waals surface area contributed by atoms with Gasteiger partial charge in [0.25, 0.3) is 5.91 Å². The van der Waals surface area contributed by atoms with Crippen LogP contribution in [0.25, 0.3) is 0 Å². The molecule has 0 saturated heterocycles. The third-order valence-electron chi connectivity index (χ3n) is 3.51. The number of para-hydroxylation sites is 1. The lowest BCUT2D eigenvalue weighted by Crippen LogP contribution is -2.31. The lowest BCUT2D eigenvalue weighted by molar-refractivity contribution is -0.0498. The molecule has 3 nitrogen and oxygen atoms in total. The quantitative estimate of drug-likeness (QED) is 0.831. The number of halogens is 2. The van der Waals surface area contributed by atoms with Crippen molar-refractivity contribution >= 4 is 23.4 Å². The zero-order valence-electron chi connectivity index (χ0n) is 12.2. The number of hydrogen-bond donors (Lipinski definition) is 0. The number of hydrogen-bond acceptors (Lipinski definition) is 3. The third kappa shape index (κ3) is 3.64. The van der Waals surface area contributed by atoms with Gasteiger partial charge in [0.1, 0.15) is 5.75 Å². The highest BCUT2D eigenvalue weighted by Gasteiger charge is 2.22. The average Bonchev–Trinajstić information content (AvgIpc) is 2.77. The number of amides is 1. The Morgan fingerprint density at radius 3 is 2.61 bits per heavy atom. The standard InChI is InChI=1S/C17H15F2NO2S/c18-17(19)22-13-8-6-12(7-9-13)16(21)20-10-3-11-23-15-5-2-1-4-14(15)20/h1-2,4-9,17H,3,10-11H2. The van der Waals surface area contributed by atoms with Crippen molar-refractivity contribution in [2.24, 2.45) is 0 Å². The molecule has 1 heterocycles. The van der Waals surface area contributed by atoms with Crippen LogP contribution >= 0.6 is 11.8 Å². The van der Waals surface area contributed by atoms with E-state index < -0.39 is 6.61 Å². The number of benzene rings is 2. The summed E-state index contributed by atoms with van der Waals surface area (Å²) in [5, 5.41) is 0. The molecule has 0 radical (unpaired) electrons. The van der Waals surface area contributed by atoms with E-state index in [1.54, 1.807) is 16.7 Å². The largest absolute Gasteiger partial charge is 0.435 e. The summed E-state index contributed by atoms with van der Waals surface area (Å²) in [7, 11) is 0. The number of fused-ring (bicyclic) bond motifs is 1. The lowest BCUT2D eigenvalue weighted by Gasteiger charge is -2.22. The molecule has 0 fully saturated rings. The summed E-state index contributed by atoms with van der Waals surface area (Å²) in [5.74, 6) is 0.869. The van der Waals surface area contributed by atoms with Crippen LogP contribution in [-0.2, 0) is 0 Å². The normalized spacial score (nSPS) is 14.3. The van der Waals surface area contributed by atoms with Crippen LogP contribution in [0.1, 0.15) is 16.8 Å². The molecule has 1 aliphatic rings. The molecule has 0 spiro atoms. The maximum absolute atomic E-state index is 12.8. The molecular formula is C17H15F2NO2S. The highest BCUT2D eigenvalue weighted by Crippen LogP contribution is 2.34. The number of thioether (sulfide) groups is 1. The molecule has 120 valence electrons. The van der Waals surface area contributed by atoms with Gasteiger partial charge in [-0.15, -0.1) is 11.8 Å². The lowest BCUT2D eigenvalue weighted by atomic mass is 10.1. The van der Waals surface area contributed by atoms with Crippen molar-refractivity contribution in [3.63, 3.8) is 0 Å². The highest BCUT2D eigenvalue weighted by molar-refractivity contribution is 7.99. The van der Waals surface area contributed by atoms with E-state index in [9.17, 15) is 13.6 Å². The molecular weight excluding hydrogens is 320 g/mol. The van der Waals surface area contributed by atoms with Gasteiger partial charge in [-0.25, -0.2) is 0 Å². The fourth-order valence-corrected chi connectivity index (χ4v) is 3.47. The van der Waals surface area contributed by atoms with Gasteiger partial charge in [-0.2, -0.15) is 8.78 Å². The first kappa shape index (κ1) is 15.8. The van der Waals surface area contributed by atoms with Gasteiger partial charge in [-0.05, 0) is 48.6 Å². The van der Waals surface area contributed by atoms with Gasteiger partial charge in [-0.1, -0.05) is 12.1 Å². The van der Waals surface area contributed by atoms with Gasteiger partial charge in [0.15, 0.2) is 0 Å². The first-order chi connectivity index (χ1) is 11.1. The van der Waals surface area contributed by atoms with Crippen LogP contribution in [-0.4, -0.2) is 24.8 Å².